The molecule has 1 unspecified atom stereocenters. The van der Waals surface area contributed by atoms with Crippen LogP contribution >= 0.6 is 0 Å². The number of rotatable bonds is 5. The number of aliphatic carboxylic acids is 1. The maximum absolute atomic E-state index is 11.2. The van der Waals surface area contributed by atoms with Crippen LogP contribution in [-0.2, 0) is 4.79 Å². The van der Waals surface area contributed by atoms with Crippen LogP contribution in [0.15, 0.2) is 24.4 Å². The van der Waals surface area contributed by atoms with Gasteiger partial charge in [-0.2, -0.15) is 0 Å². The lowest BCUT2D eigenvalue weighted by Crippen LogP contribution is -2.20. The van der Waals surface area contributed by atoms with E-state index in [2.05, 4.69) is 4.98 Å². The van der Waals surface area contributed by atoms with E-state index < -0.39 is 23.4 Å². The minimum Gasteiger partial charge on any atom is -0.497 e. The van der Waals surface area contributed by atoms with Gasteiger partial charge in [-0.3, -0.25) is 14.9 Å². The number of carboxylic acid groups (broad SMARTS) is 1. The first-order valence-corrected chi connectivity index (χ1v) is 5.52. The van der Waals surface area contributed by atoms with Crippen molar-refractivity contribution in [2.75, 3.05) is 13.7 Å². The number of methoxy groups -OCH3 is 1. The Morgan fingerprint density at radius 1 is 1.58 bits per heavy atom. The highest BCUT2D eigenvalue weighted by Gasteiger charge is 2.28. The Kier molecular flexibility index (Phi) is 3.37. The van der Waals surface area contributed by atoms with Gasteiger partial charge >= 0.3 is 5.97 Å². The monoisotopic (exact) mass is 264 g/mol. The molecule has 19 heavy (non-hydrogen) atoms. The van der Waals surface area contributed by atoms with Crippen molar-refractivity contribution >= 4 is 16.9 Å². The number of nitrogens with zero attached hydrogens (tertiary/aromatic N) is 1. The Hall–Kier alpha value is -2.57. The molecule has 7 nitrogen and oxygen atoms in total. The van der Waals surface area contributed by atoms with Gasteiger partial charge in [-0.25, -0.2) is 0 Å². The molecule has 0 bridgehead atoms. The first-order chi connectivity index (χ1) is 9.02. The number of benzene rings is 1. The predicted molar refractivity (Wildman–Crippen MR) is 67.1 cm³/mol. The molecule has 2 N–H and O–H groups in total. The molecule has 0 fully saturated rings. The van der Waals surface area contributed by atoms with Crippen LogP contribution in [0.2, 0.25) is 0 Å². The maximum Gasteiger partial charge on any atom is 0.317 e. The fourth-order valence-corrected chi connectivity index (χ4v) is 2.00. The van der Waals surface area contributed by atoms with Crippen molar-refractivity contribution in [3.63, 3.8) is 0 Å². The summed E-state index contributed by atoms with van der Waals surface area (Å²) in [6.45, 7) is -0.653. The van der Waals surface area contributed by atoms with Crippen LogP contribution in [0.1, 0.15) is 11.5 Å². The first-order valence-electron chi connectivity index (χ1n) is 5.52. The number of carboxylic acids is 1. The van der Waals surface area contributed by atoms with E-state index in [1.165, 1.54) is 13.3 Å². The van der Waals surface area contributed by atoms with Crippen molar-refractivity contribution in [2.45, 2.75) is 5.92 Å². The smallest absolute Gasteiger partial charge is 0.317 e. The summed E-state index contributed by atoms with van der Waals surface area (Å²) in [6, 6.07) is 5.13. The third-order valence-electron chi connectivity index (χ3n) is 2.93. The number of H-pyrrole nitrogens is 1. The van der Waals surface area contributed by atoms with E-state index in [-0.39, 0.29) is 0 Å². The Morgan fingerprint density at radius 3 is 2.89 bits per heavy atom. The highest BCUT2D eigenvalue weighted by Crippen LogP contribution is 2.29. The normalized spacial score (nSPS) is 12.3. The van der Waals surface area contributed by atoms with Gasteiger partial charge < -0.3 is 14.8 Å². The highest BCUT2D eigenvalue weighted by atomic mass is 16.6. The quantitative estimate of drug-likeness (QED) is 0.630. The number of ether oxygens (including phenoxy) is 1. The van der Waals surface area contributed by atoms with Crippen LogP contribution in [0, 0.1) is 10.1 Å². The van der Waals surface area contributed by atoms with E-state index in [4.69, 9.17) is 9.84 Å². The second kappa shape index (κ2) is 4.97. The van der Waals surface area contributed by atoms with Gasteiger partial charge in [-0.15, -0.1) is 0 Å². The molecule has 0 aliphatic carbocycles. The van der Waals surface area contributed by atoms with Crippen LogP contribution in [0.3, 0.4) is 0 Å². The molecule has 100 valence electrons. The Balaban J connectivity index is 2.52. The zero-order valence-electron chi connectivity index (χ0n) is 10.1. The zero-order valence-corrected chi connectivity index (χ0v) is 10.1. The third-order valence-corrected chi connectivity index (χ3v) is 2.93. The van der Waals surface area contributed by atoms with E-state index in [1.54, 1.807) is 18.2 Å². The number of hydrogen-bond donors (Lipinski definition) is 2. The van der Waals surface area contributed by atoms with Gasteiger partial charge in [-0.05, 0) is 23.8 Å². The van der Waals surface area contributed by atoms with Crippen molar-refractivity contribution in [3.05, 3.63) is 40.1 Å². The molecule has 0 saturated carbocycles. The Morgan fingerprint density at radius 2 is 2.32 bits per heavy atom. The number of nitro groups is 1. The number of aromatic nitrogens is 1. The molecule has 0 aliphatic rings. The molecule has 0 aliphatic heterocycles. The highest BCUT2D eigenvalue weighted by molar-refractivity contribution is 5.90. The van der Waals surface area contributed by atoms with E-state index in [0.29, 0.717) is 22.2 Å². The van der Waals surface area contributed by atoms with E-state index >= 15 is 0 Å². The molecule has 0 radical (unpaired) electrons. The molecule has 1 atom stereocenters. The molecule has 0 saturated heterocycles. The van der Waals surface area contributed by atoms with Gasteiger partial charge in [-0.1, -0.05) is 0 Å². The van der Waals surface area contributed by atoms with Crippen molar-refractivity contribution < 1.29 is 19.6 Å². The lowest BCUT2D eigenvalue weighted by atomic mass is 9.98. The molecule has 2 rings (SSSR count). The van der Waals surface area contributed by atoms with Gasteiger partial charge in [0, 0.05) is 22.0 Å². The molecular weight excluding hydrogens is 252 g/mol. The molecule has 1 aromatic heterocycles. The summed E-state index contributed by atoms with van der Waals surface area (Å²) >= 11 is 0. The minimum absolute atomic E-state index is 0.387. The molecular formula is C12H12N2O5. The largest absolute Gasteiger partial charge is 0.497 e. The Bertz CT molecular complexity index is 634. The SMILES string of the molecule is COc1ccc2[nH]cc(C(C[N+](=O)[O-])C(=O)O)c2c1. The predicted octanol–water partition coefficient (Wildman–Crippen LogP) is 1.62. The van der Waals surface area contributed by atoms with Crippen LogP contribution in [-0.4, -0.2) is 34.6 Å². The molecule has 1 aromatic carbocycles. The summed E-state index contributed by atoms with van der Waals surface area (Å²) in [5.41, 5.74) is 1.10. The van der Waals surface area contributed by atoms with Crippen molar-refractivity contribution in [2.24, 2.45) is 0 Å². The van der Waals surface area contributed by atoms with Crippen molar-refractivity contribution in [1.82, 2.24) is 4.98 Å². The Labute approximate surface area is 108 Å². The summed E-state index contributed by atoms with van der Waals surface area (Å²) in [5.74, 6) is -1.84. The standard InChI is InChI=1S/C12H12N2O5/c1-19-7-2-3-11-8(4-7)9(5-13-11)10(12(15)16)6-14(17)18/h2-5,10,13H,6H2,1H3,(H,15,16). The molecule has 1 heterocycles. The lowest BCUT2D eigenvalue weighted by Gasteiger charge is -2.07. The first kappa shape index (κ1) is 12.9. The topological polar surface area (TPSA) is 105 Å². The van der Waals surface area contributed by atoms with Crippen LogP contribution in [0.5, 0.6) is 5.75 Å². The van der Waals surface area contributed by atoms with Crippen LogP contribution in [0.4, 0.5) is 0 Å². The number of carbonyl (C=O) groups is 1. The van der Waals surface area contributed by atoms with Crippen LogP contribution in [0.25, 0.3) is 10.9 Å². The second-order valence-electron chi connectivity index (χ2n) is 4.06. The van der Waals surface area contributed by atoms with Gasteiger partial charge in [0.2, 0.25) is 6.54 Å². The average molecular weight is 264 g/mol. The summed E-state index contributed by atoms with van der Waals surface area (Å²) < 4.78 is 5.07. The second-order valence-corrected chi connectivity index (χ2v) is 4.06. The molecule has 7 heteroatoms. The van der Waals surface area contributed by atoms with Crippen molar-refractivity contribution in [1.29, 1.82) is 0 Å². The minimum atomic E-state index is -1.22. The molecule has 0 amide bonds. The number of nitrogens with one attached hydrogen (secondary N) is 1. The fourth-order valence-electron chi connectivity index (χ4n) is 2.00. The summed E-state index contributed by atoms with van der Waals surface area (Å²) in [7, 11) is 1.50. The van der Waals surface area contributed by atoms with Gasteiger partial charge in [0.1, 0.15) is 11.7 Å². The van der Waals surface area contributed by atoms with Crippen LogP contribution < -0.4 is 4.74 Å². The summed E-state index contributed by atoms with van der Waals surface area (Å²) in [6.07, 6.45) is 1.49. The zero-order chi connectivity index (χ0) is 14.0. The van der Waals surface area contributed by atoms with E-state index in [9.17, 15) is 14.9 Å². The summed E-state index contributed by atoms with van der Waals surface area (Å²) in [5, 5.41) is 20.3. The van der Waals surface area contributed by atoms with Gasteiger partial charge in [0.25, 0.3) is 0 Å². The van der Waals surface area contributed by atoms with E-state index in [0.717, 1.165) is 0 Å². The number of aromatic amines is 1. The maximum atomic E-state index is 11.2. The van der Waals surface area contributed by atoms with Gasteiger partial charge in [0.05, 0.1) is 7.11 Å². The van der Waals surface area contributed by atoms with Crippen molar-refractivity contribution in [3.8, 4) is 5.75 Å². The fraction of sp³-hybridized carbons (Fsp3) is 0.250. The summed E-state index contributed by atoms with van der Waals surface area (Å²) in [4.78, 5) is 24.0. The number of hydrogen-bond acceptors (Lipinski definition) is 4. The molecule has 0 spiro atoms. The number of fused-ring (bicyclic) bond motifs is 1. The average Bonchev–Trinajstić information content (AvgIpc) is 2.77. The third kappa shape index (κ3) is 2.49. The molecule has 2 aromatic rings. The van der Waals surface area contributed by atoms with Gasteiger partial charge in [0.15, 0.2) is 0 Å². The lowest BCUT2D eigenvalue weighted by molar-refractivity contribution is -0.481. The van der Waals surface area contributed by atoms with E-state index in [1.807, 2.05) is 0 Å².